The van der Waals surface area contributed by atoms with Crippen molar-refractivity contribution in [2.45, 2.75) is 77.4 Å². The zero-order valence-corrected chi connectivity index (χ0v) is 37.0. The van der Waals surface area contributed by atoms with Gasteiger partial charge in [-0.25, -0.2) is 0 Å². The van der Waals surface area contributed by atoms with E-state index in [4.69, 9.17) is 16.8 Å². The van der Waals surface area contributed by atoms with Crippen LogP contribution < -0.4 is 4.40 Å². The fraction of sp³-hybridized carbons (Fsp3) is 0.240. The van der Waals surface area contributed by atoms with E-state index in [1.54, 1.807) is 36.4 Å². The normalized spacial score (nSPS) is 14.7. The number of aromatic nitrogens is 2. The van der Waals surface area contributed by atoms with Gasteiger partial charge in [-0.15, -0.1) is 35.9 Å². The summed E-state index contributed by atoms with van der Waals surface area (Å²) in [7, 11) is 0. The minimum absolute atomic E-state index is 0. The Morgan fingerprint density at radius 2 is 1.39 bits per heavy atom. The van der Waals surface area contributed by atoms with Crippen molar-refractivity contribution in [1.29, 1.82) is 0 Å². The number of benzene rings is 5. The predicted octanol–water partition coefficient (Wildman–Crippen LogP) is 13.7. The average molecular weight is 987 g/mol. The molecule has 0 aliphatic rings. The molecule has 0 unspecified atom stereocenters. The van der Waals surface area contributed by atoms with Crippen molar-refractivity contribution in [3.8, 4) is 33.6 Å². The Kier molecular flexibility index (Phi) is 9.09. The maximum absolute atomic E-state index is 16.1. The number of hydrogen-bond donors (Lipinski definition) is 0. The number of pyridine rings is 2. The van der Waals surface area contributed by atoms with E-state index in [1.807, 2.05) is 36.4 Å². The monoisotopic (exact) mass is 988 g/mol. The number of hydrogen-bond acceptors (Lipinski definition) is 3. The molecule has 0 aliphatic heterocycles. The summed E-state index contributed by atoms with van der Waals surface area (Å²) < 4.78 is 93.4. The first-order chi connectivity index (χ1) is 29.8. The second-order valence-electron chi connectivity index (χ2n) is 15.6. The Balaban J connectivity index is 0.000000346. The second-order valence-corrected chi connectivity index (χ2v) is 26.3. The first kappa shape index (κ1) is 30.7. The third-order valence-electron chi connectivity index (χ3n) is 9.99. The van der Waals surface area contributed by atoms with E-state index in [9.17, 15) is 0 Å². The third kappa shape index (κ3) is 8.18. The molecule has 8 rings (SSSR count). The smallest absolute Gasteiger partial charge is 0.0279 e. The van der Waals surface area contributed by atoms with Crippen molar-refractivity contribution in [1.82, 2.24) is 9.97 Å². The first-order valence-corrected chi connectivity index (χ1v) is 25.8. The topological polar surface area (TPSA) is 38.9 Å². The van der Waals surface area contributed by atoms with Crippen molar-refractivity contribution in [3.05, 3.63) is 149 Å². The number of halogens is 1. The fourth-order valence-corrected chi connectivity index (χ4v) is 9.46. The molecular formula is C50H49FGeIrN2O-2. The number of fused-ring (bicyclic) bond motifs is 5. The van der Waals surface area contributed by atoms with Crippen LogP contribution in [0.1, 0.15) is 79.7 Å². The van der Waals surface area contributed by atoms with Gasteiger partial charge in [0.15, 0.2) is 0 Å². The Morgan fingerprint density at radius 3 is 2.02 bits per heavy atom. The summed E-state index contributed by atoms with van der Waals surface area (Å²) in [5.41, 5.74) is 7.03. The SMILES string of the molecule is [2H]C([2H])([2H])c1ccc(-c2[c-]cccc2)nc1.[2H]C([2H])([2H])c1cnc(-c2[c-]ccc3c2oc2c4cc(-c5c(C(C)C)c[c]([Ge]([CH3])([CH3])[CH3])cc5C(C)C)cc(F)c4ccc32)cc1C([2H])([2H])[2H].[Ir]. The maximum Gasteiger partial charge on any atom is 0.0279 e. The van der Waals surface area contributed by atoms with Gasteiger partial charge in [-0.3, -0.25) is 0 Å². The van der Waals surface area contributed by atoms with Crippen LogP contribution in [0.15, 0.2) is 108 Å². The van der Waals surface area contributed by atoms with Crippen molar-refractivity contribution < 1.29 is 41.2 Å². The Morgan fingerprint density at radius 1 is 0.679 bits per heavy atom. The summed E-state index contributed by atoms with van der Waals surface area (Å²) in [5.74, 6) is 7.29. The Bertz CT molecular complexity index is 2980. The zero-order valence-electron chi connectivity index (χ0n) is 41.5. The quantitative estimate of drug-likeness (QED) is 0.123. The molecule has 3 nitrogen and oxygen atoms in total. The summed E-state index contributed by atoms with van der Waals surface area (Å²) in [6.07, 6.45) is 2.49. The standard InChI is InChI=1S/C38H39FGeNO.C12H10N.Ir/c1-21(2)31-18-26(40(7,8)9)19-32(22(3)4)36(31)25-16-33-27(34(39)17-25)13-14-29-28-11-10-12-30(37(28)42-38(29)33)35-15-23(5)24(6)20-41-35;1-10-7-8-12(13-9-10)11-5-3-2-4-6-11;/h10-11,13-22H,1-9H3;2-5,7-9H,1H3;/q2*-1;/i5D3,6D3;1D3;. The van der Waals surface area contributed by atoms with E-state index in [2.05, 4.69) is 79.2 Å². The molecule has 287 valence electrons. The van der Waals surface area contributed by atoms with E-state index in [0.29, 0.717) is 27.5 Å². The van der Waals surface area contributed by atoms with Gasteiger partial charge in [-0.1, -0.05) is 23.8 Å². The summed E-state index contributed by atoms with van der Waals surface area (Å²) in [4.78, 5) is 8.48. The molecule has 3 heterocycles. The van der Waals surface area contributed by atoms with Crippen LogP contribution in [0.4, 0.5) is 4.39 Å². The van der Waals surface area contributed by atoms with E-state index < -0.39 is 33.8 Å². The summed E-state index contributed by atoms with van der Waals surface area (Å²) in [6, 6.07) is 33.7. The molecule has 0 fully saturated rings. The van der Waals surface area contributed by atoms with Crippen molar-refractivity contribution in [2.75, 3.05) is 0 Å². The number of nitrogens with zero attached hydrogens (tertiary/aromatic N) is 2. The molecule has 0 aliphatic carbocycles. The molecule has 0 atom stereocenters. The van der Waals surface area contributed by atoms with Crippen LogP contribution in [0.3, 0.4) is 0 Å². The Hall–Kier alpha value is -4.42. The van der Waals surface area contributed by atoms with Gasteiger partial charge in [0.05, 0.1) is 0 Å². The molecule has 0 bridgehead atoms. The number of rotatable bonds is 6. The van der Waals surface area contributed by atoms with Gasteiger partial charge in [0.25, 0.3) is 0 Å². The molecule has 8 aromatic rings. The Labute approximate surface area is 360 Å². The summed E-state index contributed by atoms with van der Waals surface area (Å²) >= 11 is -2.19. The first-order valence-electron chi connectivity index (χ1n) is 23.0. The van der Waals surface area contributed by atoms with Crippen LogP contribution >= 0.6 is 0 Å². The van der Waals surface area contributed by atoms with Crippen LogP contribution in [0, 0.1) is 38.5 Å². The second kappa shape index (κ2) is 16.6. The minimum Gasteiger partial charge on any atom is -0.0751 e. The summed E-state index contributed by atoms with van der Waals surface area (Å²) in [5, 5.41) is 2.55. The van der Waals surface area contributed by atoms with Gasteiger partial charge in [0, 0.05) is 44.8 Å². The molecule has 5 aromatic carbocycles. The number of furan rings is 1. The zero-order chi connectivity index (χ0) is 46.7. The molecule has 0 saturated carbocycles. The maximum atomic E-state index is 16.1. The molecule has 0 saturated heterocycles. The van der Waals surface area contributed by atoms with Gasteiger partial charge < -0.3 is 9.97 Å². The third-order valence-corrected chi connectivity index (χ3v) is 14.2. The average Bonchev–Trinajstić information content (AvgIpc) is 3.62. The van der Waals surface area contributed by atoms with Gasteiger partial charge in [0.1, 0.15) is 0 Å². The molecule has 0 amide bonds. The molecule has 1 radical (unpaired) electrons. The molecule has 3 aromatic heterocycles. The van der Waals surface area contributed by atoms with Gasteiger partial charge in [0.2, 0.25) is 0 Å². The van der Waals surface area contributed by atoms with Crippen LogP contribution in [0.25, 0.3) is 66.4 Å². The van der Waals surface area contributed by atoms with E-state index in [-0.39, 0.29) is 60.1 Å². The van der Waals surface area contributed by atoms with Crippen LogP contribution in [0.5, 0.6) is 0 Å². The van der Waals surface area contributed by atoms with Gasteiger partial charge in [-0.2, -0.15) is 0 Å². The van der Waals surface area contributed by atoms with E-state index >= 15 is 4.39 Å². The molecule has 0 spiro atoms. The molecule has 0 N–H and O–H groups in total. The molecular weight excluding hydrogens is 928 g/mol. The van der Waals surface area contributed by atoms with E-state index in [0.717, 1.165) is 39.4 Å². The van der Waals surface area contributed by atoms with Crippen molar-refractivity contribution in [2.24, 2.45) is 0 Å². The van der Waals surface area contributed by atoms with Crippen LogP contribution in [0.2, 0.25) is 17.3 Å². The number of aryl methyl sites for hydroxylation is 3. The molecule has 56 heavy (non-hydrogen) atoms. The predicted molar refractivity (Wildman–Crippen MR) is 233 cm³/mol. The summed E-state index contributed by atoms with van der Waals surface area (Å²) in [6.45, 7) is 1.33. The minimum atomic E-state index is -2.68. The van der Waals surface area contributed by atoms with Crippen molar-refractivity contribution in [3.63, 3.8) is 0 Å². The van der Waals surface area contributed by atoms with Gasteiger partial charge >= 0.3 is 210 Å². The van der Waals surface area contributed by atoms with Crippen LogP contribution in [-0.4, -0.2) is 23.2 Å². The largest absolute Gasteiger partial charge is 0.0751 e. The van der Waals surface area contributed by atoms with E-state index in [1.165, 1.54) is 27.8 Å². The van der Waals surface area contributed by atoms with Crippen LogP contribution in [-0.2, 0) is 20.1 Å². The van der Waals surface area contributed by atoms with Gasteiger partial charge in [-0.05, 0) is 37.4 Å². The van der Waals surface area contributed by atoms with Crippen molar-refractivity contribution >= 4 is 50.4 Å². The molecule has 6 heteroatoms. The fourth-order valence-electron chi connectivity index (χ4n) is 6.99.